The van der Waals surface area contributed by atoms with E-state index in [-0.39, 0.29) is 18.4 Å². The quantitative estimate of drug-likeness (QED) is 0.640. The Morgan fingerprint density at radius 2 is 1.94 bits per heavy atom. The Kier molecular flexibility index (Phi) is 5.29. The lowest BCUT2D eigenvalue weighted by atomic mass is 10.3. The highest BCUT2D eigenvalue weighted by molar-refractivity contribution is 6.29. The van der Waals surface area contributed by atoms with E-state index in [1.807, 2.05) is 0 Å². The molecule has 5 nitrogen and oxygen atoms in total. The second-order valence-corrected chi connectivity index (χ2v) is 3.34. The van der Waals surface area contributed by atoms with Gasteiger partial charge in [-0.05, 0) is 24.3 Å². The van der Waals surface area contributed by atoms with Crippen LogP contribution in [0.1, 0.15) is 0 Å². The first-order chi connectivity index (χ1) is 8.15. The van der Waals surface area contributed by atoms with E-state index < -0.39 is 5.97 Å². The zero-order valence-electron chi connectivity index (χ0n) is 9.23. The molecule has 1 aromatic rings. The zero-order chi connectivity index (χ0) is 12.7. The van der Waals surface area contributed by atoms with Crippen LogP contribution in [0.25, 0.3) is 0 Å². The van der Waals surface area contributed by atoms with Crippen LogP contribution in [0.3, 0.4) is 0 Å². The number of carbonyl (C=O) groups excluding carboxylic acids is 2. The lowest BCUT2D eigenvalue weighted by Crippen LogP contribution is -2.13. The molecule has 0 aromatic heterocycles. The van der Waals surface area contributed by atoms with Crippen LogP contribution in [0.2, 0.25) is 0 Å². The maximum Gasteiger partial charge on any atom is 0.343 e. The average molecular weight is 258 g/mol. The standard InChI is InChI=1S/C11H12ClNO4/c1-16-11(15)7-17-9-4-2-8(3-5-9)13-10(14)6-12/h2-5H,6-7H2,1H3,(H,13,14). The van der Waals surface area contributed by atoms with Crippen LogP contribution >= 0.6 is 11.6 Å². The first-order valence-corrected chi connectivity index (χ1v) is 5.34. The molecule has 1 amide bonds. The molecule has 1 N–H and O–H groups in total. The van der Waals surface area contributed by atoms with Crippen LogP contribution in [0.15, 0.2) is 24.3 Å². The summed E-state index contributed by atoms with van der Waals surface area (Å²) in [5.41, 5.74) is 0.612. The van der Waals surface area contributed by atoms with Gasteiger partial charge in [-0.25, -0.2) is 4.79 Å². The summed E-state index contributed by atoms with van der Waals surface area (Å²) in [6.45, 7) is -0.149. The summed E-state index contributed by atoms with van der Waals surface area (Å²) in [7, 11) is 1.29. The number of carbonyl (C=O) groups is 2. The monoisotopic (exact) mass is 257 g/mol. The molecule has 0 bridgehead atoms. The third-order valence-corrected chi connectivity index (χ3v) is 2.09. The third-order valence-electron chi connectivity index (χ3n) is 1.84. The molecule has 0 saturated heterocycles. The molecule has 0 heterocycles. The molecule has 0 unspecified atom stereocenters. The first kappa shape index (κ1) is 13.3. The van der Waals surface area contributed by atoms with Gasteiger partial charge in [-0.1, -0.05) is 0 Å². The molecule has 0 fully saturated rings. The van der Waals surface area contributed by atoms with Gasteiger partial charge in [0.25, 0.3) is 0 Å². The van der Waals surface area contributed by atoms with Gasteiger partial charge in [0.15, 0.2) is 6.61 Å². The molecule has 0 radical (unpaired) electrons. The molecule has 6 heteroatoms. The largest absolute Gasteiger partial charge is 0.482 e. The number of esters is 1. The zero-order valence-corrected chi connectivity index (χ0v) is 9.99. The topological polar surface area (TPSA) is 64.6 Å². The molecular formula is C11H12ClNO4. The minimum Gasteiger partial charge on any atom is -0.482 e. The van der Waals surface area contributed by atoms with E-state index in [9.17, 15) is 9.59 Å². The van der Waals surface area contributed by atoms with Gasteiger partial charge in [0.1, 0.15) is 11.6 Å². The maximum atomic E-state index is 11.0. The highest BCUT2D eigenvalue weighted by atomic mass is 35.5. The van der Waals surface area contributed by atoms with E-state index in [4.69, 9.17) is 16.3 Å². The molecule has 0 atom stereocenters. The van der Waals surface area contributed by atoms with E-state index in [1.165, 1.54) is 7.11 Å². The van der Waals surface area contributed by atoms with Crippen LogP contribution in [0.4, 0.5) is 5.69 Å². The number of anilines is 1. The van der Waals surface area contributed by atoms with Crippen LogP contribution < -0.4 is 10.1 Å². The number of hydrogen-bond acceptors (Lipinski definition) is 4. The second kappa shape index (κ2) is 6.75. The van der Waals surface area contributed by atoms with E-state index in [0.29, 0.717) is 11.4 Å². The first-order valence-electron chi connectivity index (χ1n) is 4.81. The number of ether oxygens (including phenoxy) is 2. The van der Waals surface area contributed by atoms with Gasteiger partial charge in [0.2, 0.25) is 5.91 Å². The predicted molar refractivity (Wildman–Crippen MR) is 63.3 cm³/mol. The molecule has 0 spiro atoms. The van der Waals surface area contributed by atoms with Crippen LogP contribution in [0, 0.1) is 0 Å². The lowest BCUT2D eigenvalue weighted by Gasteiger charge is -2.06. The molecule has 1 rings (SSSR count). The molecular weight excluding hydrogens is 246 g/mol. The highest BCUT2D eigenvalue weighted by Crippen LogP contribution is 2.15. The molecule has 0 aliphatic heterocycles. The van der Waals surface area contributed by atoms with Crippen molar-refractivity contribution in [3.05, 3.63) is 24.3 Å². The van der Waals surface area contributed by atoms with Crippen molar-refractivity contribution in [2.24, 2.45) is 0 Å². The summed E-state index contributed by atoms with van der Waals surface area (Å²) in [5, 5.41) is 2.58. The van der Waals surface area contributed by atoms with Crippen LogP contribution in [0.5, 0.6) is 5.75 Å². The van der Waals surface area contributed by atoms with Gasteiger partial charge in [-0.2, -0.15) is 0 Å². The number of rotatable bonds is 5. The van der Waals surface area contributed by atoms with Gasteiger partial charge >= 0.3 is 5.97 Å². The smallest absolute Gasteiger partial charge is 0.343 e. The van der Waals surface area contributed by atoms with Gasteiger partial charge in [-0.15, -0.1) is 11.6 Å². The summed E-state index contributed by atoms with van der Waals surface area (Å²) in [6, 6.07) is 6.56. The third kappa shape index (κ3) is 4.74. The van der Waals surface area contributed by atoms with Crippen LogP contribution in [-0.4, -0.2) is 31.5 Å². The minimum absolute atomic E-state index is 0.0966. The lowest BCUT2D eigenvalue weighted by molar-refractivity contribution is -0.142. The summed E-state index contributed by atoms with van der Waals surface area (Å²) in [6.07, 6.45) is 0. The Balaban J connectivity index is 2.50. The number of benzene rings is 1. The number of hydrogen-bond donors (Lipinski definition) is 1. The SMILES string of the molecule is COC(=O)COc1ccc(NC(=O)CCl)cc1. The molecule has 0 aliphatic rings. The van der Waals surface area contributed by atoms with Gasteiger partial charge in [0.05, 0.1) is 7.11 Å². The maximum absolute atomic E-state index is 11.0. The van der Waals surface area contributed by atoms with Crippen molar-refractivity contribution >= 4 is 29.2 Å². The van der Waals surface area contributed by atoms with Gasteiger partial charge in [-0.3, -0.25) is 4.79 Å². The van der Waals surface area contributed by atoms with E-state index in [2.05, 4.69) is 10.1 Å². The fourth-order valence-corrected chi connectivity index (χ4v) is 1.10. The van der Waals surface area contributed by atoms with Gasteiger partial charge < -0.3 is 14.8 Å². The number of methoxy groups -OCH3 is 1. The van der Waals surface area contributed by atoms with E-state index in [0.717, 1.165) is 0 Å². The van der Waals surface area contributed by atoms with Crippen molar-refractivity contribution in [2.75, 3.05) is 24.9 Å². The molecule has 92 valence electrons. The number of halogens is 1. The number of amides is 1. The molecule has 1 aromatic carbocycles. The van der Waals surface area contributed by atoms with Crippen LogP contribution in [-0.2, 0) is 14.3 Å². The van der Waals surface area contributed by atoms with Crippen molar-refractivity contribution in [3.8, 4) is 5.75 Å². The highest BCUT2D eigenvalue weighted by Gasteiger charge is 2.03. The summed E-state index contributed by atoms with van der Waals surface area (Å²) in [4.78, 5) is 21.8. The van der Waals surface area contributed by atoms with Gasteiger partial charge in [0, 0.05) is 5.69 Å². The Hall–Kier alpha value is -1.75. The number of alkyl halides is 1. The Morgan fingerprint density at radius 1 is 1.29 bits per heavy atom. The predicted octanol–water partition coefficient (Wildman–Crippen LogP) is 1.42. The Morgan fingerprint density at radius 3 is 2.47 bits per heavy atom. The average Bonchev–Trinajstić information content (AvgIpc) is 2.37. The second-order valence-electron chi connectivity index (χ2n) is 3.07. The van der Waals surface area contributed by atoms with Crippen molar-refractivity contribution < 1.29 is 19.1 Å². The summed E-state index contributed by atoms with van der Waals surface area (Å²) in [5.74, 6) is -0.320. The normalized spacial score (nSPS) is 9.53. The summed E-state index contributed by atoms with van der Waals surface area (Å²) >= 11 is 5.35. The minimum atomic E-state index is -0.454. The fraction of sp³-hybridized carbons (Fsp3) is 0.273. The van der Waals surface area contributed by atoms with E-state index >= 15 is 0 Å². The summed E-state index contributed by atoms with van der Waals surface area (Å²) < 4.78 is 9.56. The molecule has 0 aliphatic carbocycles. The van der Waals surface area contributed by atoms with Crippen molar-refractivity contribution in [2.45, 2.75) is 0 Å². The van der Waals surface area contributed by atoms with Crippen molar-refractivity contribution in [1.82, 2.24) is 0 Å². The Bertz CT molecular complexity index is 391. The van der Waals surface area contributed by atoms with Crippen molar-refractivity contribution in [1.29, 1.82) is 0 Å². The number of nitrogens with one attached hydrogen (secondary N) is 1. The molecule has 0 saturated carbocycles. The van der Waals surface area contributed by atoms with E-state index in [1.54, 1.807) is 24.3 Å². The molecule has 17 heavy (non-hydrogen) atoms. The Labute approximate surface area is 104 Å². The fourth-order valence-electron chi connectivity index (χ4n) is 1.03. The van der Waals surface area contributed by atoms with Crippen molar-refractivity contribution in [3.63, 3.8) is 0 Å².